The predicted molar refractivity (Wildman–Crippen MR) is 46.7 cm³/mol. The minimum atomic E-state index is -0.926. The fourth-order valence-corrected chi connectivity index (χ4v) is 3.22. The summed E-state index contributed by atoms with van der Waals surface area (Å²) < 4.78 is 0. The van der Waals surface area contributed by atoms with Crippen LogP contribution < -0.4 is 10.6 Å². The van der Waals surface area contributed by atoms with E-state index in [0.717, 1.165) is 0 Å². The highest BCUT2D eigenvalue weighted by Gasteiger charge is 2.73. The molecular formula is C9H10N2O4. The molecule has 80 valence electrons. The first-order valence-electron chi connectivity index (χ1n) is 4.93. The summed E-state index contributed by atoms with van der Waals surface area (Å²) in [4.78, 5) is 33.6. The number of urea groups is 1. The summed E-state index contributed by atoms with van der Waals surface area (Å²) in [7, 11) is 0. The van der Waals surface area contributed by atoms with Crippen LogP contribution in [0.15, 0.2) is 0 Å². The first kappa shape index (κ1) is 8.70. The fourth-order valence-electron chi connectivity index (χ4n) is 3.22. The van der Waals surface area contributed by atoms with Gasteiger partial charge in [-0.3, -0.25) is 14.9 Å². The molecule has 2 saturated carbocycles. The van der Waals surface area contributed by atoms with Crippen LogP contribution in [-0.4, -0.2) is 28.6 Å². The second-order valence-corrected chi connectivity index (χ2v) is 4.47. The van der Waals surface area contributed by atoms with Crippen LogP contribution in [0.3, 0.4) is 0 Å². The Morgan fingerprint density at radius 1 is 1.60 bits per heavy atom. The van der Waals surface area contributed by atoms with Crippen LogP contribution in [0.5, 0.6) is 0 Å². The molecule has 4 atom stereocenters. The largest absolute Gasteiger partial charge is 0.481 e. The van der Waals surface area contributed by atoms with Gasteiger partial charge in [0, 0.05) is 5.92 Å². The van der Waals surface area contributed by atoms with Crippen molar-refractivity contribution in [2.24, 2.45) is 17.8 Å². The van der Waals surface area contributed by atoms with Crippen LogP contribution in [0.25, 0.3) is 0 Å². The number of carboxylic acids is 1. The van der Waals surface area contributed by atoms with Crippen molar-refractivity contribution >= 4 is 17.9 Å². The van der Waals surface area contributed by atoms with E-state index >= 15 is 0 Å². The van der Waals surface area contributed by atoms with Gasteiger partial charge in [-0.25, -0.2) is 4.79 Å². The van der Waals surface area contributed by atoms with Gasteiger partial charge in [-0.05, 0) is 18.8 Å². The van der Waals surface area contributed by atoms with E-state index in [2.05, 4.69) is 10.6 Å². The Labute approximate surface area is 85.0 Å². The van der Waals surface area contributed by atoms with Crippen molar-refractivity contribution in [1.29, 1.82) is 0 Å². The van der Waals surface area contributed by atoms with Crippen LogP contribution in [0.2, 0.25) is 0 Å². The highest BCUT2D eigenvalue weighted by atomic mass is 16.4. The average molecular weight is 212 g/mol. The van der Waals surface area contributed by atoms with E-state index in [1.54, 1.807) is 0 Å². The quantitative estimate of drug-likeness (QED) is 0.501. The smallest absolute Gasteiger partial charge is 0.322 e. The lowest BCUT2D eigenvalue weighted by atomic mass is 10.0. The molecule has 0 aromatic heterocycles. The lowest BCUT2D eigenvalue weighted by Crippen LogP contribution is -2.48. The molecule has 3 N–H and O–H groups in total. The third-order valence-corrected chi connectivity index (χ3v) is 3.86. The number of hydrogen-bond donors (Lipinski definition) is 3. The molecule has 3 amide bonds. The number of fused-ring (bicyclic) bond motifs is 2. The molecule has 0 radical (unpaired) electrons. The minimum Gasteiger partial charge on any atom is -0.481 e. The standard InChI is InChI=1S/C9H10N2O4/c12-6(13)4-3-1-2-9(5(3)4)7(14)10-8(15)11-9/h3-5H,1-2H2,(H,12,13)(H2,10,11,14,15)/t3-,4-,5-,9-/m0/s1/i7+2. The third kappa shape index (κ3) is 0.866. The molecule has 1 aliphatic heterocycles. The van der Waals surface area contributed by atoms with E-state index in [1.807, 2.05) is 0 Å². The third-order valence-electron chi connectivity index (χ3n) is 3.86. The summed E-state index contributed by atoms with van der Waals surface area (Å²) in [5, 5.41) is 13.7. The fraction of sp³-hybridized carbons (Fsp3) is 0.667. The number of carbonyl (C=O) groups is 3. The number of carboxylic acid groups (broad SMARTS) is 1. The van der Waals surface area contributed by atoms with Crippen LogP contribution >= 0.6 is 0 Å². The molecule has 3 rings (SSSR count). The van der Waals surface area contributed by atoms with Crippen molar-refractivity contribution in [2.45, 2.75) is 18.4 Å². The number of carbonyl (C=O) groups excluding carboxylic acids is 2. The lowest BCUT2D eigenvalue weighted by molar-refractivity contribution is -0.139. The lowest BCUT2D eigenvalue weighted by Gasteiger charge is -2.22. The Morgan fingerprint density at radius 2 is 2.33 bits per heavy atom. The molecule has 2 aliphatic carbocycles. The summed E-state index contributed by atoms with van der Waals surface area (Å²) in [5.41, 5.74) is -0.926. The molecule has 0 bridgehead atoms. The number of aliphatic carboxylic acids is 1. The number of hydrogen-bond acceptors (Lipinski definition) is 3. The van der Waals surface area contributed by atoms with Gasteiger partial charge in [0.1, 0.15) is 5.54 Å². The van der Waals surface area contributed by atoms with E-state index in [0.29, 0.717) is 12.8 Å². The van der Waals surface area contributed by atoms with Crippen molar-refractivity contribution in [3.05, 3.63) is 0 Å². The number of nitrogens with one attached hydrogen (secondary N) is 2. The van der Waals surface area contributed by atoms with Crippen molar-refractivity contribution in [2.75, 3.05) is 0 Å². The molecule has 1 heterocycles. The summed E-state index contributed by atoms with van der Waals surface area (Å²) in [6.45, 7) is 0. The molecule has 1 spiro atoms. The Bertz CT molecular complexity index is 394. The van der Waals surface area contributed by atoms with E-state index in [1.165, 1.54) is 0 Å². The molecule has 6 nitrogen and oxygen atoms in total. The molecule has 6 heteroatoms. The number of amides is 3. The summed E-state index contributed by atoms with van der Waals surface area (Å²) >= 11 is 0. The first-order chi connectivity index (χ1) is 7.06. The highest BCUT2D eigenvalue weighted by Crippen LogP contribution is 2.62. The van der Waals surface area contributed by atoms with Gasteiger partial charge < -0.3 is 10.4 Å². The van der Waals surface area contributed by atoms with Gasteiger partial charge in [-0.2, -0.15) is 0 Å². The van der Waals surface area contributed by atoms with Gasteiger partial charge in [0.25, 0.3) is 5.91 Å². The molecule has 0 aromatic rings. The van der Waals surface area contributed by atoms with E-state index in [4.69, 9.17) is 5.11 Å². The van der Waals surface area contributed by atoms with Gasteiger partial charge in [0.2, 0.25) is 0 Å². The minimum absolute atomic E-state index is 0.0617. The van der Waals surface area contributed by atoms with E-state index in [9.17, 15) is 14.4 Å². The van der Waals surface area contributed by atoms with Crippen molar-refractivity contribution in [1.82, 2.24) is 10.6 Å². The topological polar surface area (TPSA) is 95.5 Å². The zero-order valence-corrected chi connectivity index (χ0v) is 7.82. The second-order valence-electron chi connectivity index (χ2n) is 4.47. The van der Waals surface area contributed by atoms with Gasteiger partial charge in [0.05, 0.1) is 5.92 Å². The SMILES string of the molecule is O=C1N[14C](=O)[C@@]2(CC[C@H]3[C@H](C(=O)O)[C@H]32)N1. The molecule has 1 saturated heterocycles. The Kier molecular flexibility index (Phi) is 1.34. The summed E-state index contributed by atoms with van der Waals surface area (Å²) in [5.74, 6) is -1.82. The van der Waals surface area contributed by atoms with Gasteiger partial charge in [-0.1, -0.05) is 0 Å². The molecule has 0 aromatic carbocycles. The molecule has 3 fully saturated rings. The van der Waals surface area contributed by atoms with Crippen LogP contribution in [0.4, 0.5) is 4.79 Å². The number of rotatable bonds is 1. The van der Waals surface area contributed by atoms with Crippen molar-refractivity contribution < 1.29 is 19.5 Å². The van der Waals surface area contributed by atoms with Gasteiger partial charge >= 0.3 is 12.0 Å². The summed E-state index contributed by atoms with van der Waals surface area (Å²) in [6, 6.07) is -0.503. The van der Waals surface area contributed by atoms with Gasteiger partial charge in [-0.15, -0.1) is 0 Å². The van der Waals surface area contributed by atoms with E-state index < -0.39 is 23.5 Å². The maximum Gasteiger partial charge on any atom is 0.322 e. The average Bonchev–Trinajstić information content (AvgIpc) is 2.68. The maximum absolute atomic E-state index is 11.6. The Morgan fingerprint density at radius 3 is 2.80 bits per heavy atom. The van der Waals surface area contributed by atoms with Crippen LogP contribution in [0.1, 0.15) is 12.8 Å². The van der Waals surface area contributed by atoms with E-state index in [-0.39, 0.29) is 17.7 Å². The monoisotopic (exact) mass is 212 g/mol. The normalized spacial score (nSPS) is 46.3. The van der Waals surface area contributed by atoms with Crippen molar-refractivity contribution in [3.8, 4) is 0 Å². The molecule has 15 heavy (non-hydrogen) atoms. The maximum atomic E-state index is 11.6. The van der Waals surface area contributed by atoms with Crippen LogP contribution in [-0.2, 0) is 9.59 Å². The predicted octanol–water partition coefficient (Wildman–Crippen LogP) is -0.695. The zero-order valence-electron chi connectivity index (χ0n) is 7.82. The Hall–Kier alpha value is -1.59. The first-order valence-corrected chi connectivity index (χ1v) is 4.93. The summed E-state index contributed by atoms with van der Waals surface area (Å²) in [6.07, 6.45) is 1.26. The van der Waals surface area contributed by atoms with Crippen molar-refractivity contribution in [3.63, 3.8) is 0 Å². The number of imide groups is 1. The zero-order chi connectivity index (χ0) is 10.8. The highest BCUT2D eigenvalue weighted by molar-refractivity contribution is 6.08. The molecular weight excluding hydrogens is 202 g/mol. The molecule has 3 aliphatic rings. The molecule has 0 unspecified atom stereocenters. The second kappa shape index (κ2) is 2.32. The van der Waals surface area contributed by atoms with Crippen LogP contribution in [0, 0.1) is 17.8 Å². The van der Waals surface area contributed by atoms with Gasteiger partial charge in [0.15, 0.2) is 0 Å². The Balaban J connectivity index is 1.92.